The van der Waals surface area contributed by atoms with Crippen molar-refractivity contribution in [2.24, 2.45) is 5.73 Å². The van der Waals surface area contributed by atoms with Gasteiger partial charge >= 0.3 is 0 Å². The van der Waals surface area contributed by atoms with Crippen LogP contribution >= 0.6 is 11.3 Å². The molecule has 19 heavy (non-hydrogen) atoms. The second-order valence-corrected chi connectivity index (χ2v) is 6.94. The highest BCUT2D eigenvalue weighted by Crippen LogP contribution is 2.42. The summed E-state index contributed by atoms with van der Waals surface area (Å²) in [6.45, 7) is 1.68. The van der Waals surface area contributed by atoms with Crippen molar-refractivity contribution >= 4 is 11.3 Å². The maximum Gasteiger partial charge on any atom is 0.0795 e. The molecule has 2 N–H and O–H groups in total. The van der Waals surface area contributed by atoms with Crippen molar-refractivity contribution in [3.63, 3.8) is 0 Å². The first-order valence-corrected chi connectivity index (χ1v) is 8.09. The average molecular weight is 280 g/mol. The van der Waals surface area contributed by atoms with Gasteiger partial charge in [0.2, 0.25) is 0 Å². The number of rotatable bonds is 4. The van der Waals surface area contributed by atoms with Gasteiger partial charge in [0.25, 0.3) is 0 Å². The van der Waals surface area contributed by atoms with Crippen molar-refractivity contribution in [2.45, 2.75) is 49.9 Å². The number of aromatic nitrogens is 1. The fraction of sp³-hybridized carbons (Fsp3) is 0.786. The van der Waals surface area contributed by atoms with Crippen LogP contribution in [0.15, 0.2) is 10.9 Å². The largest absolute Gasteiger partial charge is 0.329 e. The molecule has 4 nitrogen and oxygen atoms in total. The molecule has 0 spiro atoms. The zero-order valence-electron chi connectivity index (χ0n) is 11.9. The molecule has 1 aromatic rings. The average Bonchev–Trinajstić information content (AvgIpc) is 2.96. The minimum atomic E-state index is 0.169. The van der Waals surface area contributed by atoms with Crippen LogP contribution in [0, 0.1) is 0 Å². The van der Waals surface area contributed by atoms with Crippen molar-refractivity contribution in [3.8, 4) is 0 Å². The van der Waals surface area contributed by atoms with Gasteiger partial charge in [-0.05, 0) is 39.8 Å². The molecule has 2 atom stereocenters. The second kappa shape index (κ2) is 5.13. The van der Waals surface area contributed by atoms with E-state index in [1.54, 1.807) is 11.3 Å². The molecule has 5 heteroatoms. The lowest BCUT2D eigenvalue weighted by Gasteiger charge is -2.49. The lowest BCUT2D eigenvalue weighted by Crippen LogP contribution is -2.60. The van der Waals surface area contributed by atoms with Gasteiger partial charge in [-0.15, -0.1) is 11.3 Å². The molecule has 3 heterocycles. The number of nitrogens with two attached hydrogens (primary N) is 1. The molecule has 106 valence electrons. The van der Waals surface area contributed by atoms with Gasteiger partial charge in [0.05, 0.1) is 11.2 Å². The molecule has 2 saturated heterocycles. The summed E-state index contributed by atoms with van der Waals surface area (Å²) in [6, 6.07) is 1.44. The van der Waals surface area contributed by atoms with Crippen LogP contribution in [-0.4, -0.2) is 53.0 Å². The van der Waals surface area contributed by atoms with Crippen LogP contribution in [0.25, 0.3) is 0 Å². The Labute approximate surface area is 119 Å². The summed E-state index contributed by atoms with van der Waals surface area (Å²) in [4.78, 5) is 9.44. The third-order valence-corrected chi connectivity index (χ3v) is 5.92. The summed E-state index contributed by atoms with van der Waals surface area (Å²) in [5.41, 5.74) is 9.44. The van der Waals surface area contributed by atoms with Gasteiger partial charge in [0.1, 0.15) is 0 Å². The first kappa shape index (κ1) is 13.5. The molecular formula is C14H24N4S. The summed E-state index contributed by atoms with van der Waals surface area (Å²) in [7, 11) is 4.50. The normalized spacial score (nSPS) is 35.2. The first-order valence-electron chi connectivity index (χ1n) is 7.15. The molecule has 2 bridgehead atoms. The smallest absolute Gasteiger partial charge is 0.0795 e. The molecule has 0 saturated carbocycles. The Kier molecular flexibility index (Phi) is 3.64. The molecule has 3 rings (SSSR count). The Morgan fingerprint density at radius 2 is 2.16 bits per heavy atom. The van der Waals surface area contributed by atoms with E-state index < -0.39 is 0 Å². The van der Waals surface area contributed by atoms with E-state index in [-0.39, 0.29) is 5.54 Å². The van der Waals surface area contributed by atoms with Crippen molar-refractivity contribution in [2.75, 3.05) is 20.6 Å². The highest BCUT2D eigenvalue weighted by atomic mass is 32.1. The predicted molar refractivity (Wildman–Crippen MR) is 79.2 cm³/mol. The van der Waals surface area contributed by atoms with Crippen molar-refractivity contribution in [3.05, 3.63) is 16.6 Å². The number of hydrogen-bond acceptors (Lipinski definition) is 5. The number of piperidine rings is 1. The first-order chi connectivity index (χ1) is 9.14. The lowest BCUT2D eigenvalue weighted by molar-refractivity contribution is 0.0112. The van der Waals surface area contributed by atoms with E-state index in [1.165, 1.54) is 31.4 Å². The minimum Gasteiger partial charge on any atom is -0.329 e. The highest BCUT2D eigenvalue weighted by molar-refractivity contribution is 7.07. The fourth-order valence-electron chi connectivity index (χ4n) is 3.90. The predicted octanol–water partition coefficient (Wildman–Crippen LogP) is 1.53. The van der Waals surface area contributed by atoms with Crippen LogP contribution in [0.2, 0.25) is 0 Å². The monoisotopic (exact) mass is 280 g/mol. The molecule has 2 aliphatic heterocycles. The van der Waals surface area contributed by atoms with Crippen LogP contribution in [-0.2, 0) is 6.54 Å². The van der Waals surface area contributed by atoms with Gasteiger partial charge in [-0.1, -0.05) is 0 Å². The molecule has 0 aromatic carbocycles. The van der Waals surface area contributed by atoms with Gasteiger partial charge in [0.15, 0.2) is 0 Å². The van der Waals surface area contributed by atoms with Gasteiger partial charge in [-0.2, -0.15) is 0 Å². The number of fused-ring (bicyclic) bond motifs is 2. The summed E-state index contributed by atoms with van der Waals surface area (Å²) in [5.74, 6) is 0. The van der Waals surface area contributed by atoms with E-state index >= 15 is 0 Å². The maximum absolute atomic E-state index is 6.19. The Morgan fingerprint density at radius 1 is 1.47 bits per heavy atom. The van der Waals surface area contributed by atoms with E-state index in [4.69, 9.17) is 5.73 Å². The number of nitrogens with zero attached hydrogens (tertiary/aromatic N) is 3. The van der Waals surface area contributed by atoms with Gasteiger partial charge in [0, 0.05) is 36.1 Å². The van der Waals surface area contributed by atoms with Gasteiger partial charge in [-0.3, -0.25) is 4.90 Å². The third kappa shape index (κ3) is 2.33. The van der Waals surface area contributed by atoms with Crippen molar-refractivity contribution < 1.29 is 0 Å². The van der Waals surface area contributed by atoms with E-state index in [0.717, 1.165) is 25.2 Å². The second-order valence-electron chi connectivity index (χ2n) is 6.22. The van der Waals surface area contributed by atoms with Crippen LogP contribution in [0.4, 0.5) is 0 Å². The molecule has 0 aliphatic carbocycles. The third-order valence-electron chi connectivity index (χ3n) is 5.29. The molecule has 0 amide bonds. The topological polar surface area (TPSA) is 45.4 Å². The number of thiazole rings is 1. The van der Waals surface area contributed by atoms with Gasteiger partial charge in [-0.25, -0.2) is 4.98 Å². The van der Waals surface area contributed by atoms with Gasteiger partial charge < -0.3 is 10.6 Å². The van der Waals surface area contributed by atoms with E-state index in [1.807, 2.05) is 5.51 Å². The van der Waals surface area contributed by atoms with Crippen molar-refractivity contribution in [1.82, 2.24) is 14.8 Å². The quantitative estimate of drug-likeness (QED) is 0.908. The van der Waals surface area contributed by atoms with E-state index in [9.17, 15) is 0 Å². The Hall–Kier alpha value is -0.490. The number of likely N-dealkylation sites (N-methyl/N-ethyl adjacent to an activating group) is 1. The molecule has 1 aromatic heterocycles. The summed E-state index contributed by atoms with van der Waals surface area (Å²) in [6.07, 6.45) is 5.09. The van der Waals surface area contributed by atoms with Crippen LogP contribution in [0.5, 0.6) is 0 Å². The summed E-state index contributed by atoms with van der Waals surface area (Å²) < 4.78 is 0. The Bertz CT molecular complexity index is 405. The zero-order valence-corrected chi connectivity index (χ0v) is 12.7. The molecule has 2 fully saturated rings. The fourth-order valence-corrected chi connectivity index (χ4v) is 4.45. The molecule has 2 aliphatic rings. The molecule has 2 unspecified atom stereocenters. The molecule has 0 radical (unpaired) electrons. The minimum absolute atomic E-state index is 0.169. The number of hydrogen-bond donors (Lipinski definition) is 1. The van der Waals surface area contributed by atoms with Crippen LogP contribution in [0.1, 0.15) is 31.4 Å². The van der Waals surface area contributed by atoms with E-state index in [2.05, 4.69) is 34.3 Å². The van der Waals surface area contributed by atoms with Crippen LogP contribution in [0.3, 0.4) is 0 Å². The summed E-state index contributed by atoms with van der Waals surface area (Å²) >= 11 is 1.67. The lowest BCUT2D eigenvalue weighted by atomic mass is 9.81. The van der Waals surface area contributed by atoms with Crippen LogP contribution < -0.4 is 5.73 Å². The summed E-state index contributed by atoms with van der Waals surface area (Å²) in [5, 5.41) is 2.14. The van der Waals surface area contributed by atoms with Crippen molar-refractivity contribution in [1.29, 1.82) is 0 Å². The zero-order chi connectivity index (χ0) is 13.5. The Morgan fingerprint density at radius 3 is 2.68 bits per heavy atom. The Balaban J connectivity index is 1.76. The standard InChI is InChI=1S/C14H24N4S/c1-17(7-11-8-19-10-16-11)14(9-15)5-12-3-4-13(6-14)18(12)2/h8,10,12-13H,3-7,9,15H2,1-2H3. The molecular weight excluding hydrogens is 256 g/mol. The SMILES string of the molecule is CN1C2CCC1CC(CN)(N(C)Cc1cscn1)C2. The maximum atomic E-state index is 6.19. The highest BCUT2D eigenvalue weighted by Gasteiger charge is 2.48. The van der Waals surface area contributed by atoms with E-state index in [0.29, 0.717) is 0 Å².